The molecule has 4 rings (SSSR count). The second kappa shape index (κ2) is 8.04. The maximum atomic E-state index is 13.0. The molecule has 0 amide bonds. The summed E-state index contributed by atoms with van der Waals surface area (Å²) in [5.74, 6) is 1.03. The first-order chi connectivity index (χ1) is 14.4. The Balaban J connectivity index is 1.43. The van der Waals surface area contributed by atoms with Gasteiger partial charge in [0, 0.05) is 32.4 Å². The second-order valence-electron chi connectivity index (χ2n) is 7.42. The smallest absolute Gasteiger partial charge is 0.243 e. The van der Waals surface area contributed by atoms with Crippen molar-refractivity contribution in [2.75, 3.05) is 24.1 Å². The van der Waals surface area contributed by atoms with E-state index in [1.165, 1.54) is 0 Å². The van der Waals surface area contributed by atoms with E-state index in [2.05, 4.69) is 20.4 Å². The van der Waals surface area contributed by atoms with Crippen molar-refractivity contribution in [3.05, 3.63) is 48.3 Å². The van der Waals surface area contributed by atoms with Gasteiger partial charge in [0.05, 0.1) is 22.3 Å². The van der Waals surface area contributed by atoms with Crippen LogP contribution in [-0.4, -0.2) is 51.6 Å². The Hall–Kier alpha value is -2.98. The molecule has 1 aliphatic rings. The van der Waals surface area contributed by atoms with E-state index in [0.717, 1.165) is 11.1 Å². The van der Waals surface area contributed by atoms with E-state index in [1.807, 2.05) is 19.1 Å². The van der Waals surface area contributed by atoms with Crippen LogP contribution < -0.4 is 11.1 Å². The van der Waals surface area contributed by atoms with Crippen molar-refractivity contribution in [3.63, 3.8) is 0 Å². The van der Waals surface area contributed by atoms with Gasteiger partial charge in [-0.25, -0.2) is 18.4 Å². The lowest BCUT2D eigenvalue weighted by Crippen LogP contribution is -2.42. The fraction of sp³-hybridized carbons (Fsp3) is 0.350. The normalized spacial score (nSPS) is 15.9. The molecule has 0 aliphatic carbocycles. The zero-order valence-electron chi connectivity index (χ0n) is 17.0. The van der Waals surface area contributed by atoms with Crippen LogP contribution in [0.5, 0.6) is 0 Å². The maximum Gasteiger partial charge on any atom is 0.243 e. The molecule has 1 saturated heterocycles. The number of nitrogen functional groups attached to an aromatic ring is 1. The molecule has 0 spiro atoms. The fourth-order valence-electron chi connectivity index (χ4n) is 3.63. The number of nitrogens with zero attached hydrogens (tertiary/aromatic N) is 5. The van der Waals surface area contributed by atoms with Gasteiger partial charge in [-0.3, -0.25) is 4.68 Å². The molecule has 0 atom stereocenters. The number of hydrogen-bond donors (Lipinski definition) is 2. The molecule has 30 heavy (non-hydrogen) atoms. The van der Waals surface area contributed by atoms with Gasteiger partial charge in [0.15, 0.2) is 0 Å². The highest BCUT2D eigenvalue weighted by atomic mass is 32.2. The number of nitrogens with two attached hydrogens (primary N) is 1. The molecule has 158 valence electrons. The van der Waals surface area contributed by atoms with Crippen LogP contribution in [0.1, 0.15) is 18.4 Å². The third-order valence-corrected chi connectivity index (χ3v) is 7.47. The van der Waals surface area contributed by atoms with Crippen LogP contribution in [0.15, 0.2) is 47.6 Å². The van der Waals surface area contributed by atoms with E-state index in [1.54, 1.807) is 46.6 Å². The van der Waals surface area contributed by atoms with Gasteiger partial charge in [-0.05, 0) is 37.5 Å². The van der Waals surface area contributed by atoms with Gasteiger partial charge in [0.25, 0.3) is 0 Å². The predicted molar refractivity (Wildman–Crippen MR) is 115 cm³/mol. The Labute approximate surface area is 176 Å². The van der Waals surface area contributed by atoms with E-state index in [9.17, 15) is 8.42 Å². The molecule has 10 heteroatoms. The van der Waals surface area contributed by atoms with E-state index < -0.39 is 10.0 Å². The zero-order chi connectivity index (χ0) is 21.3. The van der Waals surface area contributed by atoms with Crippen molar-refractivity contribution in [1.82, 2.24) is 24.1 Å². The molecule has 0 bridgehead atoms. The van der Waals surface area contributed by atoms with Crippen LogP contribution in [0.3, 0.4) is 0 Å². The largest absolute Gasteiger partial charge is 0.383 e. The van der Waals surface area contributed by atoms with Gasteiger partial charge >= 0.3 is 0 Å². The standard InChI is InChI=1S/C20H25N7O2S/c1-14-5-3-4-6-18(14)30(28,29)27-11-8-15(9-12-27)24-20-22-10-7-17(25-20)16-13-23-26(2)19(16)21/h3-7,10,13,15H,8-9,11-12,21H2,1-2H3,(H,22,24,25). The summed E-state index contributed by atoms with van der Waals surface area (Å²) in [5, 5.41) is 7.48. The molecule has 1 fully saturated rings. The Kier molecular flexibility index (Phi) is 5.44. The average molecular weight is 428 g/mol. The minimum Gasteiger partial charge on any atom is -0.383 e. The summed E-state index contributed by atoms with van der Waals surface area (Å²) in [5.41, 5.74) is 8.25. The Morgan fingerprint density at radius 2 is 1.90 bits per heavy atom. The predicted octanol–water partition coefficient (Wildman–Crippen LogP) is 2.03. The van der Waals surface area contributed by atoms with Crippen molar-refractivity contribution in [2.45, 2.75) is 30.7 Å². The lowest BCUT2D eigenvalue weighted by atomic mass is 10.1. The van der Waals surface area contributed by atoms with E-state index in [0.29, 0.717) is 48.3 Å². The van der Waals surface area contributed by atoms with E-state index in [-0.39, 0.29) is 6.04 Å². The Bertz CT molecular complexity index is 1150. The SMILES string of the molecule is Cc1ccccc1S(=O)(=O)N1CCC(Nc2nccc(-c3cnn(C)c3N)n2)CC1. The number of sulfonamides is 1. The number of rotatable bonds is 5. The number of aryl methyl sites for hydroxylation is 2. The van der Waals surface area contributed by atoms with Crippen molar-refractivity contribution < 1.29 is 8.42 Å². The minimum absolute atomic E-state index is 0.0924. The van der Waals surface area contributed by atoms with Crippen LogP contribution >= 0.6 is 0 Å². The van der Waals surface area contributed by atoms with Crippen LogP contribution in [0.25, 0.3) is 11.3 Å². The van der Waals surface area contributed by atoms with Gasteiger partial charge in [-0.15, -0.1) is 0 Å². The van der Waals surface area contributed by atoms with E-state index >= 15 is 0 Å². The molecule has 3 N–H and O–H groups in total. The molecule has 0 radical (unpaired) electrons. The van der Waals surface area contributed by atoms with Crippen molar-refractivity contribution in [3.8, 4) is 11.3 Å². The van der Waals surface area contributed by atoms with Gasteiger partial charge in [0.1, 0.15) is 5.82 Å². The summed E-state index contributed by atoms with van der Waals surface area (Å²) in [7, 11) is -1.71. The summed E-state index contributed by atoms with van der Waals surface area (Å²) >= 11 is 0. The number of nitrogens with one attached hydrogen (secondary N) is 1. The molecular weight excluding hydrogens is 402 g/mol. The first-order valence-electron chi connectivity index (χ1n) is 9.79. The number of benzene rings is 1. The summed E-state index contributed by atoms with van der Waals surface area (Å²) in [6, 6.07) is 8.97. The molecule has 3 heterocycles. The Morgan fingerprint density at radius 1 is 1.17 bits per heavy atom. The molecule has 3 aromatic rings. The lowest BCUT2D eigenvalue weighted by Gasteiger charge is -2.32. The van der Waals surface area contributed by atoms with Crippen molar-refractivity contribution in [2.24, 2.45) is 7.05 Å². The molecule has 1 aromatic carbocycles. The summed E-state index contributed by atoms with van der Waals surface area (Å²) in [6.07, 6.45) is 4.70. The molecule has 9 nitrogen and oxygen atoms in total. The third-order valence-electron chi connectivity index (χ3n) is 5.41. The molecular formula is C20H25N7O2S. The first kappa shape index (κ1) is 20.3. The van der Waals surface area contributed by atoms with Crippen molar-refractivity contribution >= 4 is 21.8 Å². The van der Waals surface area contributed by atoms with Crippen LogP contribution in [0, 0.1) is 6.92 Å². The third kappa shape index (κ3) is 3.88. The van der Waals surface area contributed by atoms with Gasteiger partial charge in [-0.2, -0.15) is 9.40 Å². The van der Waals surface area contributed by atoms with Gasteiger partial charge < -0.3 is 11.1 Å². The van der Waals surface area contributed by atoms with Crippen LogP contribution in [0.4, 0.5) is 11.8 Å². The van der Waals surface area contributed by atoms with Crippen molar-refractivity contribution in [1.29, 1.82) is 0 Å². The summed E-state index contributed by atoms with van der Waals surface area (Å²) < 4.78 is 29.1. The Morgan fingerprint density at radius 3 is 2.57 bits per heavy atom. The summed E-state index contributed by atoms with van der Waals surface area (Å²) in [6.45, 7) is 2.72. The molecule has 2 aromatic heterocycles. The fourth-order valence-corrected chi connectivity index (χ4v) is 5.33. The number of anilines is 2. The highest BCUT2D eigenvalue weighted by Crippen LogP contribution is 2.26. The quantitative estimate of drug-likeness (QED) is 0.639. The summed E-state index contributed by atoms with van der Waals surface area (Å²) in [4.78, 5) is 9.23. The van der Waals surface area contributed by atoms with Gasteiger partial charge in [0.2, 0.25) is 16.0 Å². The number of piperidine rings is 1. The highest BCUT2D eigenvalue weighted by Gasteiger charge is 2.30. The average Bonchev–Trinajstić information content (AvgIpc) is 3.07. The first-order valence-corrected chi connectivity index (χ1v) is 11.2. The lowest BCUT2D eigenvalue weighted by molar-refractivity contribution is 0.329. The zero-order valence-corrected chi connectivity index (χ0v) is 17.8. The van der Waals surface area contributed by atoms with Gasteiger partial charge in [-0.1, -0.05) is 18.2 Å². The molecule has 1 aliphatic heterocycles. The maximum absolute atomic E-state index is 13.0. The number of hydrogen-bond acceptors (Lipinski definition) is 7. The molecule has 0 unspecified atom stereocenters. The second-order valence-corrected chi connectivity index (χ2v) is 9.33. The number of aromatic nitrogens is 4. The monoisotopic (exact) mass is 427 g/mol. The minimum atomic E-state index is -3.48. The van der Waals surface area contributed by atoms with Crippen LogP contribution in [0.2, 0.25) is 0 Å². The van der Waals surface area contributed by atoms with Crippen LogP contribution in [-0.2, 0) is 17.1 Å². The van der Waals surface area contributed by atoms with E-state index in [4.69, 9.17) is 5.73 Å². The molecule has 0 saturated carbocycles. The topological polar surface area (TPSA) is 119 Å². The highest BCUT2D eigenvalue weighted by molar-refractivity contribution is 7.89.